The molecule has 10 heteroatoms. The Labute approximate surface area is 349 Å². The van der Waals surface area contributed by atoms with Gasteiger partial charge in [-0.05, 0) is 94.7 Å². The van der Waals surface area contributed by atoms with Gasteiger partial charge in [-0.2, -0.15) is 4.98 Å². The fourth-order valence-electron chi connectivity index (χ4n) is 8.49. The van der Waals surface area contributed by atoms with E-state index in [0.29, 0.717) is 60.6 Å². The van der Waals surface area contributed by atoms with Crippen LogP contribution in [0.5, 0.6) is 0 Å². The van der Waals surface area contributed by atoms with Crippen molar-refractivity contribution in [2.45, 2.75) is 11.8 Å². The number of amides is 2. The molecule has 0 saturated carbocycles. The summed E-state index contributed by atoms with van der Waals surface area (Å²) in [4.78, 5) is 57.8. The van der Waals surface area contributed by atoms with E-state index in [1.54, 1.807) is 48.5 Å². The molecule has 1 aromatic heterocycles. The number of halogens is 2. The van der Waals surface area contributed by atoms with Crippen molar-refractivity contribution < 1.29 is 9.59 Å². The molecule has 1 N–H and O–H groups in total. The first kappa shape index (κ1) is 37.1. The molecule has 2 amide bonds. The molecule has 7 nitrogen and oxygen atoms in total. The molecule has 9 rings (SSSR count). The van der Waals surface area contributed by atoms with Crippen LogP contribution in [0.4, 0.5) is 11.4 Å². The van der Waals surface area contributed by atoms with Gasteiger partial charge in [0, 0.05) is 27.4 Å². The summed E-state index contributed by atoms with van der Waals surface area (Å²) in [6.45, 7) is 0. The molecule has 6 aromatic carbocycles. The second-order valence-electron chi connectivity index (χ2n) is 14.1. The lowest BCUT2D eigenvalue weighted by Gasteiger charge is -2.55. The number of fused-ring (bicyclic) bond motifs is 1. The molecule has 0 bridgehead atoms. The average Bonchev–Trinajstić information content (AvgIpc) is 3.25. The molecule has 58 heavy (non-hydrogen) atoms. The Kier molecular flexibility index (Phi) is 9.69. The molecule has 2 unspecified atom stereocenters. The first-order valence-electron chi connectivity index (χ1n) is 18.6. The molecule has 1 spiro atoms. The summed E-state index contributed by atoms with van der Waals surface area (Å²) in [5, 5.41) is 0.942. The largest absolute Gasteiger partial charge is 0.345 e. The van der Waals surface area contributed by atoms with Gasteiger partial charge in [-0.15, -0.1) is 0 Å². The van der Waals surface area contributed by atoms with Crippen molar-refractivity contribution in [2.24, 2.45) is 5.41 Å². The van der Waals surface area contributed by atoms with Crippen LogP contribution < -0.4 is 15.5 Å². The Balaban J connectivity index is 1.52. The minimum absolute atomic E-state index is 0.00463. The maximum atomic E-state index is 16.5. The number of H-pyrrole nitrogens is 1. The monoisotopic (exact) mass is 814 g/mol. The van der Waals surface area contributed by atoms with Crippen molar-refractivity contribution in [3.63, 3.8) is 0 Å². The molecule has 7 aromatic rings. The van der Waals surface area contributed by atoms with Crippen LogP contribution in [-0.4, -0.2) is 26.9 Å². The van der Waals surface area contributed by atoms with Gasteiger partial charge >= 0.3 is 5.69 Å². The first-order chi connectivity index (χ1) is 28.3. The Hall–Kier alpha value is -6.45. The topological polar surface area (TPSA) is 86.4 Å². The van der Waals surface area contributed by atoms with Crippen LogP contribution in [0.25, 0.3) is 22.9 Å². The highest BCUT2D eigenvalue weighted by Gasteiger charge is 2.69. The van der Waals surface area contributed by atoms with Gasteiger partial charge in [0.25, 0.3) is 11.8 Å². The van der Waals surface area contributed by atoms with Crippen LogP contribution in [0, 0.1) is 5.41 Å². The summed E-state index contributed by atoms with van der Waals surface area (Å²) in [5.74, 6) is -3.23. The summed E-state index contributed by atoms with van der Waals surface area (Å²) in [6, 6.07) is 51.5. The van der Waals surface area contributed by atoms with Crippen molar-refractivity contribution in [2.75, 3.05) is 9.80 Å². The summed E-state index contributed by atoms with van der Waals surface area (Å²) >= 11 is 19.3. The minimum atomic E-state index is -2.04. The van der Waals surface area contributed by atoms with Gasteiger partial charge in [0.15, 0.2) is 10.5 Å². The number of nitrogens with one attached hydrogen (secondary N) is 1. The highest BCUT2D eigenvalue weighted by Crippen LogP contribution is 2.64. The summed E-state index contributed by atoms with van der Waals surface area (Å²) < 4.78 is 0. The van der Waals surface area contributed by atoms with E-state index < -0.39 is 34.8 Å². The second kappa shape index (κ2) is 15.1. The minimum Gasteiger partial charge on any atom is -0.305 e. The predicted molar refractivity (Wildman–Crippen MR) is 235 cm³/mol. The van der Waals surface area contributed by atoms with E-state index in [1.165, 1.54) is 9.80 Å². The van der Waals surface area contributed by atoms with Gasteiger partial charge in [0.2, 0.25) is 0 Å². The lowest BCUT2D eigenvalue weighted by molar-refractivity contribution is -0.142. The van der Waals surface area contributed by atoms with Gasteiger partial charge in [0.1, 0.15) is 0 Å². The molecule has 1 aliphatic heterocycles. The van der Waals surface area contributed by atoms with E-state index in [0.717, 1.165) is 5.56 Å². The molecule has 282 valence electrons. The highest BCUT2D eigenvalue weighted by atomic mass is 35.5. The molecule has 0 radical (unpaired) electrons. The lowest BCUT2D eigenvalue weighted by Crippen LogP contribution is -2.70. The normalized spacial score (nSPS) is 18.1. The third-order valence-electron chi connectivity index (χ3n) is 10.9. The molecule has 1 fully saturated rings. The molecule has 1 aliphatic carbocycles. The van der Waals surface area contributed by atoms with Crippen molar-refractivity contribution in [3.05, 3.63) is 218 Å². The van der Waals surface area contributed by atoms with E-state index >= 15 is 9.59 Å². The van der Waals surface area contributed by atoms with E-state index in [2.05, 4.69) is 4.98 Å². The van der Waals surface area contributed by atoms with Gasteiger partial charge in [-0.3, -0.25) is 19.4 Å². The SMILES string of the molecule is O=C1N(c2ccccc2)C(=S)N(c2ccccc2)C(=O)C12C(c1ccc(Cl)cc1)/C(=C/c1ccccc1)c1nc(=O)[nH]c(-c3ccccc3)c1C2c1ccc(Cl)cc1. The van der Waals surface area contributed by atoms with Crippen LogP contribution in [0.1, 0.15) is 39.8 Å². The Morgan fingerprint density at radius 3 is 1.53 bits per heavy atom. The standard InChI is InChI=1S/C48H32Cl2N4O3S/c49-34-25-21-31(22-26-34)40-38(29-30-13-5-1-6-14-30)43-39(42(51-46(57)52-43)33-15-7-2-8-16-33)41(32-23-27-35(50)28-24-32)48(40)44(55)53(36-17-9-3-10-18-36)47(58)54(45(48)56)37-19-11-4-12-20-37/h1-29,40-41H,(H,51,52,57)/b38-29-. The van der Waals surface area contributed by atoms with Crippen LogP contribution in [0.15, 0.2) is 175 Å². The predicted octanol–water partition coefficient (Wildman–Crippen LogP) is 10.6. The second-order valence-corrected chi connectivity index (χ2v) is 15.4. The number of nitrogens with zero attached hydrogens (tertiary/aromatic N) is 3. The number of aromatic nitrogens is 2. The van der Waals surface area contributed by atoms with Crippen LogP contribution in [0.2, 0.25) is 10.0 Å². The summed E-state index contributed by atoms with van der Waals surface area (Å²) in [7, 11) is 0. The average molecular weight is 816 g/mol. The van der Waals surface area contributed by atoms with Crippen molar-refractivity contribution in [1.82, 2.24) is 9.97 Å². The number of rotatable bonds is 6. The fraction of sp³-hybridized carbons (Fsp3) is 0.0625. The smallest absolute Gasteiger partial charge is 0.305 e. The van der Waals surface area contributed by atoms with Crippen LogP contribution >= 0.6 is 35.4 Å². The number of allylic oxidation sites excluding steroid dienone is 1. The van der Waals surface area contributed by atoms with Crippen molar-refractivity contribution >= 4 is 75.4 Å². The number of carbonyl (C=O) groups is 2. The maximum Gasteiger partial charge on any atom is 0.345 e. The quantitative estimate of drug-likeness (QED) is 0.133. The Bertz CT molecular complexity index is 2720. The zero-order valence-corrected chi connectivity index (χ0v) is 33.0. The third-order valence-corrected chi connectivity index (χ3v) is 11.7. The molecule has 2 atom stereocenters. The summed E-state index contributed by atoms with van der Waals surface area (Å²) in [6.07, 6.45) is 1.92. The zero-order chi connectivity index (χ0) is 40.0. The fourth-order valence-corrected chi connectivity index (χ4v) is 9.12. The third kappa shape index (κ3) is 6.17. The molecule has 2 heterocycles. The van der Waals surface area contributed by atoms with E-state index in [-0.39, 0.29) is 5.11 Å². The number of aromatic amines is 1. The molecular formula is C48H32Cl2N4O3S. The summed E-state index contributed by atoms with van der Waals surface area (Å²) in [5.41, 5.74) is 2.76. The number of carbonyl (C=O) groups excluding carboxylic acids is 2. The number of thiocarbonyl (C=S) groups is 1. The Morgan fingerprint density at radius 2 is 1.03 bits per heavy atom. The molecule has 1 saturated heterocycles. The van der Waals surface area contributed by atoms with E-state index in [1.807, 2.05) is 127 Å². The lowest BCUT2D eigenvalue weighted by atomic mass is 9.51. The number of anilines is 2. The molecular weight excluding hydrogens is 784 g/mol. The Morgan fingerprint density at radius 1 is 0.586 bits per heavy atom. The number of hydrogen-bond acceptors (Lipinski definition) is 5. The number of benzene rings is 6. The van der Waals surface area contributed by atoms with Gasteiger partial charge < -0.3 is 4.98 Å². The van der Waals surface area contributed by atoms with Crippen LogP contribution in [-0.2, 0) is 9.59 Å². The van der Waals surface area contributed by atoms with E-state index in [9.17, 15) is 4.79 Å². The number of para-hydroxylation sites is 2. The van der Waals surface area contributed by atoms with Crippen molar-refractivity contribution in [1.29, 1.82) is 0 Å². The van der Waals surface area contributed by atoms with E-state index in [4.69, 9.17) is 40.4 Å². The van der Waals surface area contributed by atoms with Gasteiger partial charge in [-0.25, -0.2) is 4.79 Å². The maximum absolute atomic E-state index is 16.5. The van der Waals surface area contributed by atoms with Crippen molar-refractivity contribution in [3.8, 4) is 11.3 Å². The zero-order valence-electron chi connectivity index (χ0n) is 30.6. The van der Waals surface area contributed by atoms with Crippen LogP contribution in [0.3, 0.4) is 0 Å². The van der Waals surface area contributed by atoms with Gasteiger partial charge in [-0.1, -0.05) is 145 Å². The first-order valence-corrected chi connectivity index (χ1v) is 19.7. The van der Waals surface area contributed by atoms with Gasteiger partial charge in [0.05, 0.1) is 22.8 Å². The highest BCUT2D eigenvalue weighted by molar-refractivity contribution is 7.81. The number of hydrogen-bond donors (Lipinski definition) is 1. The molecule has 2 aliphatic rings.